The first-order valence-electron chi connectivity index (χ1n) is 11.9. The maximum absolute atomic E-state index is 12.4. The molecule has 0 aromatic heterocycles. The number of hydrogen-bond donors (Lipinski definition) is 2. The van der Waals surface area contributed by atoms with Crippen LogP contribution in [0, 0.1) is 0 Å². The highest BCUT2D eigenvalue weighted by atomic mass is 16.6. The van der Waals surface area contributed by atoms with E-state index in [2.05, 4.69) is 10.6 Å². The first-order valence-corrected chi connectivity index (χ1v) is 11.9. The Morgan fingerprint density at radius 3 is 2.34 bits per heavy atom. The summed E-state index contributed by atoms with van der Waals surface area (Å²) < 4.78 is 10.6. The fourth-order valence-electron chi connectivity index (χ4n) is 4.25. The minimum absolute atomic E-state index is 0.0572. The molecule has 3 rings (SSSR count). The molecule has 0 bridgehead atoms. The van der Waals surface area contributed by atoms with Crippen LogP contribution in [0.15, 0.2) is 42.5 Å². The molecule has 2 atom stereocenters. The molecule has 3 amide bonds. The molecular weight excluding hydrogens is 446 g/mol. The van der Waals surface area contributed by atoms with Crippen molar-refractivity contribution in [1.82, 2.24) is 5.32 Å². The Morgan fingerprint density at radius 2 is 1.71 bits per heavy atom. The van der Waals surface area contributed by atoms with Gasteiger partial charge in [-0.25, -0.2) is 9.59 Å². The molecule has 0 fully saturated rings. The lowest BCUT2D eigenvalue weighted by Crippen LogP contribution is -2.45. The number of anilines is 2. The lowest BCUT2D eigenvalue weighted by atomic mass is 9.89. The summed E-state index contributed by atoms with van der Waals surface area (Å²) in [7, 11) is 0. The number of hydrogen-bond acceptors (Lipinski definition) is 5. The quantitative estimate of drug-likeness (QED) is 0.556. The molecule has 2 aromatic rings. The molecule has 188 valence electrons. The summed E-state index contributed by atoms with van der Waals surface area (Å²) >= 11 is 0. The Bertz CT molecular complexity index is 1110. The van der Waals surface area contributed by atoms with Crippen LogP contribution in [0.25, 0.3) is 11.1 Å². The summed E-state index contributed by atoms with van der Waals surface area (Å²) in [5.41, 5.74) is 3.36. The first kappa shape index (κ1) is 26.1. The third kappa shape index (κ3) is 6.74. The number of amides is 3. The number of nitrogens with one attached hydrogen (secondary N) is 2. The van der Waals surface area contributed by atoms with Gasteiger partial charge in [0.15, 0.2) is 0 Å². The van der Waals surface area contributed by atoms with Gasteiger partial charge in [0, 0.05) is 24.3 Å². The van der Waals surface area contributed by atoms with Crippen molar-refractivity contribution in [3.63, 3.8) is 0 Å². The maximum Gasteiger partial charge on any atom is 0.412 e. The third-order valence-electron chi connectivity index (χ3n) is 5.50. The van der Waals surface area contributed by atoms with Crippen molar-refractivity contribution in [2.75, 3.05) is 10.2 Å². The van der Waals surface area contributed by atoms with Gasteiger partial charge < -0.3 is 19.7 Å². The van der Waals surface area contributed by atoms with Crippen LogP contribution in [0.4, 0.5) is 21.0 Å². The van der Waals surface area contributed by atoms with Gasteiger partial charge >= 0.3 is 12.2 Å². The largest absolute Gasteiger partial charge is 0.447 e. The van der Waals surface area contributed by atoms with Crippen LogP contribution in [0.5, 0.6) is 0 Å². The predicted octanol–water partition coefficient (Wildman–Crippen LogP) is 6.02. The number of fused-ring (bicyclic) bond motifs is 1. The predicted molar refractivity (Wildman–Crippen MR) is 136 cm³/mol. The zero-order valence-corrected chi connectivity index (χ0v) is 21.5. The smallest absolute Gasteiger partial charge is 0.412 e. The molecule has 2 N–H and O–H groups in total. The first-order chi connectivity index (χ1) is 16.3. The lowest BCUT2D eigenvalue weighted by Gasteiger charge is -2.39. The molecule has 8 nitrogen and oxygen atoms in total. The topological polar surface area (TPSA) is 97.0 Å². The molecule has 8 heteroatoms. The monoisotopic (exact) mass is 481 g/mol. The summed E-state index contributed by atoms with van der Waals surface area (Å²) in [4.78, 5) is 38.8. The third-order valence-corrected chi connectivity index (χ3v) is 5.50. The van der Waals surface area contributed by atoms with Gasteiger partial charge in [-0.05, 0) is 88.9 Å². The summed E-state index contributed by atoms with van der Waals surface area (Å²) in [6.45, 7) is 12.5. The molecule has 0 spiro atoms. The van der Waals surface area contributed by atoms with Crippen LogP contribution in [-0.4, -0.2) is 35.8 Å². The highest BCUT2D eigenvalue weighted by molar-refractivity contribution is 5.94. The maximum atomic E-state index is 12.4. The molecule has 2 aromatic carbocycles. The van der Waals surface area contributed by atoms with Crippen LogP contribution in [0.1, 0.15) is 66.5 Å². The van der Waals surface area contributed by atoms with Gasteiger partial charge in [0.25, 0.3) is 0 Å². The number of rotatable bonds is 4. The molecule has 1 aliphatic rings. The number of carbonyl (C=O) groups excluding carboxylic acids is 3. The normalized spacial score (nSPS) is 17.4. The molecule has 0 saturated heterocycles. The molecular formula is C27H35N3O5. The van der Waals surface area contributed by atoms with E-state index < -0.39 is 17.8 Å². The van der Waals surface area contributed by atoms with Crippen LogP contribution in [0.3, 0.4) is 0 Å². The highest BCUT2D eigenvalue weighted by Gasteiger charge is 2.33. The molecule has 0 saturated carbocycles. The average Bonchev–Trinajstić information content (AvgIpc) is 2.71. The van der Waals surface area contributed by atoms with Crippen LogP contribution < -0.4 is 15.5 Å². The Labute approximate surface area is 207 Å². The SMILES string of the molecule is CC(=O)N1c2ccc(-c3cccc(NC(=O)OC(C)(C)C)c3)cc2[C@H](NC(=O)OC(C)C)C[C@@H]1C. The Kier molecular flexibility index (Phi) is 7.73. The molecule has 1 aliphatic heterocycles. The van der Waals surface area contributed by atoms with E-state index in [1.807, 2.05) is 64.1 Å². The van der Waals surface area contributed by atoms with Gasteiger partial charge in [-0.1, -0.05) is 18.2 Å². The number of ether oxygens (including phenoxy) is 2. The van der Waals surface area contributed by atoms with E-state index in [0.717, 1.165) is 22.4 Å². The van der Waals surface area contributed by atoms with E-state index in [4.69, 9.17) is 9.47 Å². The van der Waals surface area contributed by atoms with Gasteiger partial charge in [-0.15, -0.1) is 0 Å². The van der Waals surface area contributed by atoms with E-state index in [1.54, 1.807) is 31.7 Å². The van der Waals surface area contributed by atoms with E-state index in [-0.39, 0.29) is 24.1 Å². The zero-order valence-electron chi connectivity index (χ0n) is 21.5. The van der Waals surface area contributed by atoms with Gasteiger partial charge in [-0.2, -0.15) is 0 Å². The summed E-state index contributed by atoms with van der Waals surface area (Å²) in [5, 5.41) is 5.73. The Hall–Kier alpha value is -3.55. The van der Waals surface area contributed by atoms with Gasteiger partial charge in [0.1, 0.15) is 5.60 Å². The molecule has 0 aliphatic carbocycles. The van der Waals surface area contributed by atoms with Gasteiger partial charge in [0.2, 0.25) is 5.91 Å². The second-order valence-electron chi connectivity index (χ2n) is 10.1. The number of benzene rings is 2. The molecule has 1 heterocycles. The molecule has 0 unspecified atom stereocenters. The number of carbonyl (C=O) groups is 3. The fourth-order valence-corrected chi connectivity index (χ4v) is 4.25. The fraction of sp³-hybridized carbons (Fsp3) is 0.444. The second kappa shape index (κ2) is 10.4. The second-order valence-corrected chi connectivity index (χ2v) is 10.1. The van der Waals surface area contributed by atoms with Crippen molar-refractivity contribution in [1.29, 1.82) is 0 Å². The summed E-state index contributed by atoms with van der Waals surface area (Å²) in [6, 6.07) is 12.8. The van der Waals surface area contributed by atoms with Gasteiger partial charge in [-0.3, -0.25) is 10.1 Å². The minimum atomic E-state index is -0.599. The van der Waals surface area contributed by atoms with E-state index in [0.29, 0.717) is 12.1 Å². The number of alkyl carbamates (subject to hydrolysis) is 1. The van der Waals surface area contributed by atoms with E-state index in [1.165, 1.54) is 0 Å². The Morgan fingerprint density at radius 1 is 1.03 bits per heavy atom. The van der Waals surface area contributed by atoms with Crippen LogP contribution in [-0.2, 0) is 14.3 Å². The highest BCUT2D eigenvalue weighted by Crippen LogP contribution is 2.40. The zero-order chi connectivity index (χ0) is 25.9. The van der Waals surface area contributed by atoms with E-state index >= 15 is 0 Å². The minimum Gasteiger partial charge on any atom is -0.447 e. The van der Waals surface area contributed by atoms with Crippen molar-refractivity contribution < 1.29 is 23.9 Å². The van der Waals surface area contributed by atoms with Crippen molar-refractivity contribution in [2.45, 2.75) is 78.7 Å². The van der Waals surface area contributed by atoms with Crippen molar-refractivity contribution in [2.24, 2.45) is 0 Å². The standard InChI is InChI=1S/C27H35N3O5/c1-16(2)34-25(32)29-23-13-17(3)30(18(4)31)24-12-11-20(15-22(23)24)19-9-8-10-21(14-19)28-26(33)35-27(5,6)7/h8-12,14-17,23H,13H2,1-7H3,(H,28,33)(H,29,32)/t17-,23+/m0/s1. The van der Waals surface area contributed by atoms with Crippen molar-refractivity contribution in [3.8, 4) is 11.1 Å². The van der Waals surface area contributed by atoms with Gasteiger partial charge in [0.05, 0.1) is 12.1 Å². The lowest BCUT2D eigenvalue weighted by molar-refractivity contribution is -0.117. The Balaban J connectivity index is 1.95. The average molecular weight is 482 g/mol. The summed E-state index contributed by atoms with van der Waals surface area (Å²) in [6.07, 6.45) is -0.702. The van der Waals surface area contributed by atoms with Crippen LogP contribution >= 0.6 is 0 Å². The molecule has 35 heavy (non-hydrogen) atoms. The van der Waals surface area contributed by atoms with E-state index in [9.17, 15) is 14.4 Å². The molecule has 0 radical (unpaired) electrons. The number of nitrogens with zero attached hydrogens (tertiary/aromatic N) is 1. The summed E-state index contributed by atoms with van der Waals surface area (Å²) in [5.74, 6) is -0.0572. The van der Waals surface area contributed by atoms with Crippen molar-refractivity contribution >= 4 is 29.5 Å². The van der Waals surface area contributed by atoms with Crippen molar-refractivity contribution in [3.05, 3.63) is 48.0 Å². The van der Waals surface area contributed by atoms with Crippen LogP contribution in [0.2, 0.25) is 0 Å².